The van der Waals surface area contributed by atoms with Crippen LogP contribution in [0.2, 0.25) is 0 Å². The highest BCUT2D eigenvalue weighted by Gasteiger charge is 2.26. The topological polar surface area (TPSA) is 97.9 Å². The van der Waals surface area contributed by atoms with Crippen molar-refractivity contribution in [3.05, 3.63) is 51.2 Å². The van der Waals surface area contributed by atoms with Crippen molar-refractivity contribution < 1.29 is 4.79 Å². The van der Waals surface area contributed by atoms with E-state index in [4.69, 9.17) is 0 Å². The highest BCUT2D eigenvalue weighted by atomic mass is 16.2. The van der Waals surface area contributed by atoms with Gasteiger partial charge in [-0.3, -0.25) is 18.7 Å². The molecule has 9 heteroatoms. The summed E-state index contributed by atoms with van der Waals surface area (Å²) in [7, 11) is 3.10. The Morgan fingerprint density at radius 3 is 2.61 bits per heavy atom. The molecule has 0 saturated carbocycles. The first kappa shape index (κ1) is 18.4. The smallest absolute Gasteiger partial charge is 0.332 e. The van der Waals surface area contributed by atoms with Gasteiger partial charge in [-0.05, 0) is 38.1 Å². The van der Waals surface area contributed by atoms with Crippen LogP contribution in [0.5, 0.6) is 0 Å². The summed E-state index contributed by atoms with van der Waals surface area (Å²) in [6.45, 7) is 3.07. The number of ketones is 1. The maximum absolute atomic E-state index is 12.5. The standard InChI is InChI=1S/C19H24N6O3/c1-22-17-15(18(27)23(2)19(22)28)25(12-21-17)11-10-24-8-5-13(6-9-24)16(26)14-4-3-7-20-14/h3-4,7,12-13,20H,5-6,8-11H2,1-2H3. The third kappa shape index (κ3) is 3.11. The Labute approximate surface area is 161 Å². The summed E-state index contributed by atoms with van der Waals surface area (Å²) in [6.07, 6.45) is 5.06. The third-order valence-electron chi connectivity index (χ3n) is 5.70. The molecule has 0 aromatic carbocycles. The number of Topliss-reactive ketones (excluding diaryl/α,β-unsaturated/α-hetero) is 1. The Morgan fingerprint density at radius 1 is 1.18 bits per heavy atom. The minimum absolute atomic E-state index is 0.0609. The van der Waals surface area contributed by atoms with Crippen LogP contribution in [0.1, 0.15) is 23.3 Å². The minimum Gasteiger partial charge on any atom is -0.359 e. The maximum atomic E-state index is 12.5. The van der Waals surface area contributed by atoms with Crippen molar-refractivity contribution in [2.24, 2.45) is 20.0 Å². The number of rotatable bonds is 5. The van der Waals surface area contributed by atoms with Gasteiger partial charge in [0.15, 0.2) is 16.9 Å². The van der Waals surface area contributed by atoms with E-state index in [1.165, 1.54) is 11.6 Å². The van der Waals surface area contributed by atoms with Gasteiger partial charge in [0.1, 0.15) is 0 Å². The fraction of sp³-hybridized carbons (Fsp3) is 0.474. The summed E-state index contributed by atoms with van der Waals surface area (Å²) in [5, 5.41) is 0. The van der Waals surface area contributed by atoms with E-state index in [-0.39, 0.29) is 23.0 Å². The SMILES string of the molecule is Cn1c(=O)c2c(ncn2CCN2CCC(C(=O)c3ccc[nH]3)CC2)n(C)c1=O. The number of piperidine rings is 1. The second-order valence-electron chi connectivity index (χ2n) is 7.38. The third-order valence-corrected chi connectivity index (χ3v) is 5.70. The molecule has 1 aliphatic heterocycles. The number of nitrogens with zero attached hydrogens (tertiary/aromatic N) is 5. The Hall–Kier alpha value is -2.94. The zero-order valence-electron chi connectivity index (χ0n) is 16.1. The molecule has 0 atom stereocenters. The molecule has 0 bridgehead atoms. The molecule has 28 heavy (non-hydrogen) atoms. The summed E-state index contributed by atoms with van der Waals surface area (Å²) in [5.74, 6) is 0.250. The molecule has 0 amide bonds. The van der Waals surface area contributed by atoms with Gasteiger partial charge in [-0.2, -0.15) is 0 Å². The molecule has 1 aliphatic rings. The number of fused-ring (bicyclic) bond motifs is 1. The summed E-state index contributed by atoms with van der Waals surface area (Å²) in [4.78, 5) is 46.5. The van der Waals surface area contributed by atoms with Crippen LogP contribution in [0.3, 0.4) is 0 Å². The zero-order chi connectivity index (χ0) is 19.8. The molecule has 148 valence electrons. The fourth-order valence-electron chi connectivity index (χ4n) is 3.94. The quantitative estimate of drug-likeness (QED) is 0.641. The predicted molar refractivity (Wildman–Crippen MR) is 105 cm³/mol. The van der Waals surface area contributed by atoms with Crippen molar-refractivity contribution in [1.82, 2.24) is 28.6 Å². The molecule has 0 unspecified atom stereocenters. The molecule has 0 spiro atoms. The van der Waals surface area contributed by atoms with Crippen molar-refractivity contribution in [3.63, 3.8) is 0 Å². The van der Waals surface area contributed by atoms with Crippen LogP contribution in [0, 0.1) is 5.92 Å². The van der Waals surface area contributed by atoms with Crippen LogP contribution < -0.4 is 11.2 Å². The Bertz CT molecular complexity index is 1110. The lowest BCUT2D eigenvalue weighted by atomic mass is 9.91. The number of carbonyl (C=O) groups excluding carboxylic acids is 1. The van der Waals surface area contributed by atoms with Gasteiger partial charge in [0.25, 0.3) is 5.56 Å². The fourth-order valence-corrected chi connectivity index (χ4v) is 3.94. The van der Waals surface area contributed by atoms with E-state index in [2.05, 4.69) is 14.9 Å². The van der Waals surface area contributed by atoms with Crippen molar-refractivity contribution >= 4 is 16.9 Å². The van der Waals surface area contributed by atoms with Gasteiger partial charge in [0, 0.05) is 39.3 Å². The molecule has 3 aromatic heterocycles. The Morgan fingerprint density at radius 2 is 1.93 bits per heavy atom. The van der Waals surface area contributed by atoms with Crippen LogP contribution in [0.25, 0.3) is 11.2 Å². The molecule has 0 aliphatic carbocycles. The van der Waals surface area contributed by atoms with Crippen LogP contribution >= 0.6 is 0 Å². The van der Waals surface area contributed by atoms with Crippen molar-refractivity contribution in [1.29, 1.82) is 0 Å². The summed E-state index contributed by atoms with van der Waals surface area (Å²) in [6, 6.07) is 3.67. The van der Waals surface area contributed by atoms with E-state index in [0.717, 1.165) is 37.0 Å². The molecule has 1 N–H and O–H groups in total. The van der Waals surface area contributed by atoms with Crippen molar-refractivity contribution in [2.75, 3.05) is 19.6 Å². The molecule has 0 radical (unpaired) electrons. The van der Waals surface area contributed by atoms with Crippen LogP contribution in [0.15, 0.2) is 34.2 Å². The predicted octanol–water partition coefficient (Wildman–Crippen LogP) is 0.357. The summed E-state index contributed by atoms with van der Waals surface area (Å²) < 4.78 is 4.32. The maximum Gasteiger partial charge on any atom is 0.332 e. The monoisotopic (exact) mass is 384 g/mol. The van der Waals surface area contributed by atoms with E-state index >= 15 is 0 Å². The number of likely N-dealkylation sites (tertiary alicyclic amines) is 1. The Balaban J connectivity index is 1.42. The number of aromatic nitrogens is 5. The average molecular weight is 384 g/mol. The number of hydrogen-bond acceptors (Lipinski definition) is 5. The van der Waals surface area contributed by atoms with E-state index in [0.29, 0.717) is 23.4 Å². The normalized spacial score (nSPS) is 16.1. The Kier molecular flexibility index (Phi) is 4.76. The number of hydrogen-bond donors (Lipinski definition) is 1. The first-order chi connectivity index (χ1) is 13.5. The second-order valence-corrected chi connectivity index (χ2v) is 7.38. The molecular weight excluding hydrogens is 360 g/mol. The number of aromatic amines is 1. The molecule has 9 nitrogen and oxygen atoms in total. The van der Waals surface area contributed by atoms with Crippen LogP contribution in [0.4, 0.5) is 0 Å². The molecule has 4 heterocycles. The lowest BCUT2D eigenvalue weighted by Gasteiger charge is -2.31. The molecule has 3 aromatic rings. The van der Waals surface area contributed by atoms with Gasteiger partial charge in [0.2, 0.25) is 0 Å². The molecule has 1 fully saturated rings. The summed E-state index contributed by atoms with van der Waals surface area (Å²) >= 11 is 0. The first-order valence-corrected chi connectivity index (χ1v) is 9.48. The van der Waals surface area contributed by atoms with E-state index in [9.17, 15) is 14.4 Å². The number of carbonyl (C=O) groups is 1. The van der Waals surface area contributed by atoms with Gasteiger partial charge < -0.3 is 14.5 Å². The number of aryl methyl sites for hydroxylation is 1. The molecule has 1 saturated heterocycles. The second kappa shape index (κ2) is 7.23. The van der Waals surface area contributed by atoms with Crippen molar-refractivity contribution in [2.45, 2.75) is 19.4 Å². The highest BCUT2D eigenvalue weighted by molar-refractivity contribution is 5.96. The van der Waals surface area contributed by atoms with Crippen molar-refractivity contribution in [3.8, 4) is 0 Å². The highest BCUT2D eigenvalue weighted by Crippen LogP contribution is 2.21. The number of H-pyrrole nitrogens is 1. The minimum atomic E-state index is -0.378. The summed E-state index contributed by atoms with van der Waals surface area (Å²) in [5.41, 5.74) is 0.831. The lowest BCUT2D eigenvalue weighted by Crippen LogP contribution is -2.39. The molecular formula is C19H24N6O3. The van der Waals surface area contributed by atoms with E-state index in [1.54, 1.807) is 19.6 Å². The van der Waals surface area contributed by atoms with E-state index in [1.807, 2.05) is 16.7 Å². The van der Waals surface area contributed by atoms with Gasteiger partial charge in [-0.15, -0.1) is 0 Å². The number of nitrogens with one attached hydrogen (secondary N) is 1. The zero-order valence-corrected chi connectivity index (χ0v) is 16.1. The van der Waals surface area contributed by atoms with Gasteiger partial charge in [-0.25, -0.2) is 9.78 Å². The van der Waals surface area contributed by atoms with Gasteiger partial charge in [0.05, 0.1) is 12.0 Å². The molecule has 4 rings (SSSR count). The number of imidazole rings is 1. The van der Waals surface area contributed by atoms with Gasteiger partial charge >= 0.3 is 5.69 Å². The average Bonchev–Trinajstić information content (AvgIpc) is 3.39. The van der Waals surface area contributed by atoms with Crippen LogP contribution in [-0.4, -0.2) is 54.0 Å². The van der Waals surface area contributed by atoms with Crippen LogP contribution in [-0.2, 0) is 20.6 Å². The van der Waals surface area contributed by atoms with Gasteiger partial charge in [-0.1, -0.05) is 0 Å². The lowest BCUT2D eigenvalue weighted by molar-refractivity contribution is 0.0833. The largest absolute Gasteiger partial charge is 0.359 e. The van der Waals surface area contributed by atoms with E-state index < -0.39 is 0 Å². The first-order valence-electron chi connectivity index (χ1n) is 9.48.